The third kappa shape index (κ3) is 2.48. The molecule has 1 heterocycles. The number of nitrogens with zero attached hydrogens (tertiary/aromatic N) is 1. The van der Waals surface area contributed by atoms with Crippen LogP contribution in [0.4, 0.5) is 11.4 Å². The van der Waals surface area contributed by atoms with Crippen molar-refractivity contribution in [2.24, 2.45) is 5.92 Å². The topological polar surface area (TPSA) is 75.4 Å². The fourth-order valence-corrected chi connectivity index (χ4v) is 4.00. The van der Waals surface area contributed by atoms with Crippen molar-refractivity contribution >= 4 is 24.1 Å². The van der Waals surface area contributed by atoms with Crippen LogP contribution in [0.3, 0.4) is 0 Å². The minimum atomic E-state index is -0.944. The van der Waals surface area contributed by atoms with E-state index in [1.165, 1.54) is 0 Å². The molecule has 3 atom stereocenters. The number of para-hydroxylation sites is 1. The maximum atomic E-state index is 11.6. The van der Waals surface area contributed by atoms with E-state index >= 15 is 0 Å². The van der Waals surface area contributed by atoms with Crippen molar-refractivity contribution in [3.8, 4) is 0 Å². The van der Waals surface area contributed by atoms with Crippen molar-refractivity contribution in [1.29, 1.82) is 0 Å². The summed E-state index contributed by atoms with van der Waals surface area (Å²) in [5.74, 6) is -0.482. The molecule has 25 heavy (non-hydrogen) atoms. The Kier molecular flexibility index (Phi) is 3.57. The molecule has 1 aliphatic heterocycles. The number of rotatable bonds is 3. The van der Waals surface area contributed by atoms with Crippen LogP contribution in [0.5, 0.6) is 0 Å². The van der Waals surface area contributed by atoms with Gasteiger partial charge in [-0.3, -0.25) is 0 Å². The second-order valence-electron chi connectivity index (χ2n) is 6.52. The van der Waals surface area contributed by atoms with Gasteiger partial charge in [0, 0.05) is 18.1 Å². The Morgan fingerprint density at radius 3 is 2.84 bits per heavy atom. The van der Waals surface area contributed by atoms with Gasteiger partial charge in [0.25, 0.3) is 0 Å². The summed E-state index contributed by atoms with van der Waals surface area (Å²) in [4.78, 5) is 11.6. The largest absolute Gasteiger partial charge is 0.619 e. The van der Waals surface area contributed by atoms with Crippen molar-refractivity contribution < 1.29 is 14.6 Å². The Bertz CT molecular complexity index is 904. The molecule has 2 N–H and O–H groups in total. The highest BCUT2D eigenvalue weighted by molar-refractivity contribution is 5.95. The smallest absolute Gasteiger partial charge is 0.337 e. The fraction of sp³-hybridized carbons (Fsp3) is 0.200. The van der Waals surface area contributed by atoms with Crippen molar-refractivity contribution in [2.45, 2.75) is 18.4 Å². The highest BCUT2D eigenvalue weighted by Gasteiger charge is 2.39. The SMILES string of the molecule is C=[N+]([O-])c1cccc(C2Nc3c(C(=O)O)cccc3C3C=CCC32)c1. The van der Waals surface area contributed by atoms with E-state index in [1.807, 2.05) is 24.3 Å². The summed E-state index contributed by atoms with van der Waals surface area (Å²) in [5.41, 5.74) is 3.42. The first-order chi connectivity index (χ1) is 12.1. The third-order valence-corrected chi connectivity index (χ3v) is 5.14. The first-order valence-electron chi connectivity index (χ1n) is 8.23. The summed E-state index contributed by atoms with van der Waals surface area (Å²) in [5, 5.41) is 24.5. The van der Waals surface area contributed by atoms with Crippen molar-refractivity contribution in [3.63, 3.8) is 0 Å². The van der Waals surface area contributed by atoms with Gasteiger partial charge in [-0.1, -0.05) is 36.4 Å². The van der Waals surface area contributed by atoms with Gasteiger partial charge in [-0.25, -0.2) is 4.79 Å². The van der Waals surface area contributed by atoms with E-state index in [0.717, 1.165) is 17.5 Å². The molecule has 0 aromatic heterocycles. The first-order valence-corrected chi connectivity index (χ1v) is 8.23. The predicted octanol–water partition coefficient (Wildman–Crippen LogP) is 4.05. The number of anilines is 1. The number of benzene rings is 2. The molecular formula is C20H18N2O3. The van der Waals surface area contributed by atoms with Crippen LogP contribution in [0.25, 0.3) is 0 Å². The van der Waals surface area contributed by atoms with Crippen LogP contribution in [0, 0.1) is 11.1 Å². The molecule has 4 rings (SSSR count). The van der Waals surface area contributed by atoms with Crippen LogP contribution in [-0.2, 0) is 0 Å². The number of aromatic carboxylic acids is 1. The molecule has 0 saturated carbocycles. The summed E-state index contributed by atoms with van der Waals surface area (Å²) >= 11 is 0. The molecule has 0 saturated heterocycles. The molecule has 3 unspecified atom stereocenters. The summed E-state index contributed by atoms with van der Waals surface area (Å²) in [6, 6.07) is 12.7. The van der Waals surface area contributed by atoms with Gasteiger partial charge in [0.2, 0.25) is 5.69 Å². The number of hydrogen-bond acceptors (Lipinski definition) is 3. The molecule has 5 heteroatoms. The van der Waals surface area contributed by atoms with E-state index < -0.39 is 5.97 Å². The molecule has 0 fully saturated rings. The van der Waals surface area contributed by atoms with Gasteiger partial charge in [-0.15, -0.1) is 0 Å². The zero-order valence-corrected chi connectivity index (χ0v) is 13.6. The van der Waals surface area contributed by atoms with E-state index in [1.54, 1.807) is 18.2 Å². The lowest BCUT2D eigenvalue weighted by Gasteiger charge is -2.38. The molecule has 2 aliphatic rings. The number of allylic oxidation sites excluding steroid dienone is 2. The number of carbonyl (C=O) groups is 1. The van der Waals surface area contributed by atoms with Gasteiger partial charge in [-0.05, 0) is 29.5 Å². The van der Waals surface area contributed by atoms with Crippen molar-refractivity contribution in [1.82, 2.24) is 0 Å². The lowest BCUT2D eigenvalue weighted by atomic mass is 9.76. The normalized spacial score (nSPS) is 23.4. The van der Waals surface area contributed by atoms with Gasteiger partial charge >= 0.3 is 5.97 Å². The second kappa shape index (κ2) is 5.77. The molecule has 5 nitrogen and oxygen atoms in total. The maximum Gasteiger partial charge on any atom is 0.337 e. The average molecular weight is 334 g/mol. The van der Waals surface area contributed by atoms with Crippen LogP contribution in [0.15, 0.2) is 54.6 Å². The molecule has 2 aromatic rings. The Morgan fingerprint density at radius 2 is 2.08 bits per heavy atom. The van der Waals surface area contributed by atoms with Crippen LogP contribution >= 0.6 is 0 Å². The van der Waals surface area contributed by atoms with Crippen molar-refractivity contribution in [2.75, 3.05) is 5.32 Å². The molecular weight excluding hydrogens is 316 g/mol. The summed E-state index contributed by atoms with van der Waals surface area (Å²) in [6.07, 6.45) is 5.22. The molecule has 0 bridgehead atoms. The van der Waals surface area contributed by atoms with E-state index in [0.29, 0.717) is 16.1 Å². The first kappa shape index (κ1) is 15.4. The van der Waals surface area contributed by atoms with Crippen LogP contribution < -0.4 is 5.32 Å². The number of nitrogens with one attached hydrogen (secondary N) is 1. The molecule has 0 radical (unpaired) electrons. The zero-order valence-electron chi connectivity index (χ0n) is 13.6. The molecule has 126 valence electrons. The fourth-order valence-electron chi connectivity index (χ4n) is 4.00. The quantitative estimate of drug-likeness (QED) is 0.292. The second-order valence-corrected chi connectivity index (χ2v) is 6.52. The van der Waals surface area contributed by atoms with Gasteiger partial charge in [0.1, 0.15) is 6.72 Å². The van der Waals surface area contributed by atoms with E-state index in [-0.39, 0.29) is 23.4 Å². The lowest BCUT2D eigenvalue weighted by molar-refractivity contribution is -0.349. The van der Waals surface area contributed by atoms with Gasteiger partial charge in [-0.2, -0.15) is 4.74 Å². The monoisotopic (exact) mass is 334 g/mol. The lowest BCUT2D eigenvalue weighted by Crippen LogP contribution is -2.30. The van der Waals surface area contributed by atoms with E-state index in [2.05, 4.69) is 24.2 Å². The number of carboxylic acids is 1. The number of fused-ring (bicyclic) bond motifs is 3. The summed E-state index contributed by atoms with van der Waals surface area (Å²) in [7, 11) is 0. The highest BCUT2D eigenvalue weighted by atomic mass is 16.5. The minimum absolute atomic E-state index is 0.0621. The van der Waals surface area contributed by atoms with E-state index in [4.69, 9.17) is 0 Å². The minimum Gasteiger partial charge on any atom is -0.619 e. The maximum absolute atomic E-state index is 11.6. The highest BCUT2D eigenvalue weighted by Crippen LogP contribution is 2.50. The number of hydrogen-bond donors (Lipinski definition) is 2. The van der Waals surface area contributed by atoms with Crippen molar-refractivity contribution in [3.05, 3.63) is 76.5 Å². The predicted molar refractivity (Wildman–Crippen MR) is 96.6 cm³/mol. The molecule has 1 aliphatic carbocycles. The Balaban J connectivity index is 1.83. The zero-order chi connectivity index (χ0) is 17.6. The molecule has 0 spiro atoms. The van der Waals surface area contributed by atoms with Gasteiger partial charge in [0.15, 0.2) is 0 Å². The summed E-state index contributed by atoms with van der Waals surface area (Å²) in [6.45, 7) is 3.40. The third-order valence-electron chi connectivity index (χ3n) is 5.14. The van der Waals surface area contributed by atoms with Crippen LogP contribution in [0.1, 0.15) is 39.9 Å². The Labute approximate surface area is 145 Å². The van der Waals surface area contributed by atoms with E-state index in [9.17, 15) is 15.1 Å². The Hall–Kier alpha value is -3.08. The van der Waals surface area contributed by atoms with Gasteiger partial charge in [0.05, 0.1) is 17.3 Å². The molecule has 0 amide bonds. The van der Waals surface area contributed by atoms with Crippen LogP contribution in [-0.4, -0.2) is 22.5 Å². The average Bonchev–Trinajstić information content (AvgIpc) is 3.10. The molecule has 2 aromatic carbocycles. The summed E-state index contributed by atoms with van der Waals surface area (Å²) < 4.78 is 0.591. The standard InChI is InChI=1S/C20H18N2O3/c1-22(25)13-6-2-5-12(11-13)18-15-8-3-7-14(15)16-9-4-10-17(20(23)24)19(16)21-18/h2-7,9-11,14-15,18,21H,1,8H2,(H,23,24). The van der Waals surface area contributed by atoms with Crippen LogP contribution in [0.2, 0.25) is 0 Å². The number of carboxylic acid groups (broad SMARTS) is 1. The van der Waals surface area contributed by atoms with Gasteiger partial charge < -0.3 is 15.6 Å². The Morgan fingerprint density at radius 1 is 1.28 bits per heavy atom.